The fraction of sp³-hybridized carbons (Fsp3) is 0.333. The van der Waals surface area contributed by atoms with Crippen molar-refractivity contribution in [2.45, 2.75) is 19.3 Å². The quantitative estimate of drug-likeness (QED) is 0.791. The van der Waals surface area contributed by atoms with Crippen LogP contribution in [0.5, 0.6) is 5.75 Å². The fourth-order valence-electron chi connectivity index (χ4n) is 3.05. The SMILES string of the molecule is COc1ccc(C(=O)OCC(=O)Nc2ccc(N3CCCCC3)cc2)cc1. The minimum absolute atomic E-state index is 0.335. The third-order valence-corrected chi connectivity index (χ3v) is 4.53. The van der Waals surface area contributed by atoms with Crippen LogP contribution in [0.25, 0.3) is 0 Å². The first kappa shape index (κ1) is 18.8. The molecule has 2 aromatic carbocycles. The summed E-state index contributed by atoms with van der Waals surface area (Å²) in [6, 6.07) is 14.3. The van der Waals surface area contributed by atoms with Crippen LogP contribution >= 0.6 is 0 Å². The van der Waals surface area contributed by atoms with Crippen LogP contribution in [0.1, 0.15) is 29.6 Å². The molecule has 27 heavy (non-hydrogen) atoms. The third-order valence-electron chi connectivity index (χ3n) is 4.53. The Bertz CT molecular complexity index is 766. The lowest BCUT2D eigenvalue weighted by Gasteiger charge is -2.28. The second kappa shape index (κ2) is 9.07. The Labute approximate surface area is 159 Å². The molecule has 0 aliphatic carbocycles. The number of nitrogens with one attached hydrogen (secondary N) is 1. The second-order valence-corrected chi connectivity index (χ2v) is 6.45. The van der Waals surface area contributed by atoms with Gasteiger partial charge in [-0.15, -0.1) is 0 Å². The summed E-state index contributed by atoms with van der Waals surface area (Å²) in [7, 11) is 1.55. The number of rotatable bonds is 6. The monoisotopic (exact) mass is 368 g/mol. The van der Waals surface area contributed by atoms with Gasteiger partial charge in [-0.3, -0.25) is 4.79 Å². The zero-order chi connectivity index (χ0) is 19.1. The first-order valence-electron chi connectivity index (χ1n) is 9.12. The van der Waals surface area contributed by atoms with Gasteiger partial charge in [0, 0.05) is 24.5 Å². The number of benzene rings is 2. The maximum atomic E-state index is 12.0. The Balaban J connectivity index is 1.47. The van der Waals surface area contributed by atoms with E-state index < -0.39 is 5.97 Å². The zero-order valence-corrected chi connectivity index (χ0v) is 15.4. The predicted molar refractivity (Wildman–Crippen MR) is 104 cm³/mol. The number of amides is 1. The van der Waals surface area contributed by atoms with E-state index in [2.05, 4.69) is 10.2 Å². The van der Waals surface area contributed by atoms with Crippen molar-refractivity contribution in [3.8, 4) is 5.75 Å². The Morgan fingerprint density at radius 1 is 0.963 bits per heavy atom. The van der Waals surface area contributed by atoms with Gasteiger partial charge in [0.15, 0.2) is 6.61 Å². The second-order valence-electron chi connectivity index (χ2n) is 6.45. The number of methoxy groups -OCH3 is 1. The van der Waals surface area contributed by atoms with E-state index in [1.165, 1.54) is 24.9 Å². The Kier molecular flexibility index (Phi) is 6.30. The van der Waals surface area contributed by atoms with Crippen molar-refractivity contribution in [1.29, 1.82) is 0 Å². The average Bonchev–Trinajstić information content (AvgIpc) is 2.73. The first-order chi connectivity index (χ1) is 13.2. The molecule has 2 aromatic rings. The van der Waals surface area contributed by atoms with E-state index in [4.69, 9.17) is 9.47 Å². The van der Waals surface area contributed by atoms with E-state index >= 15 is 0 Å². The van der Waals surface area contributed by atoms with E-state index in [1.54, 1.807) is 31.4 Å². The maximum Gasteiger partial charge on any atom is 0.338 e. The van der Waals surface area contributed by atoms with E-state index in [9.17, 15) is 9.59 Å². The minimum Gasteiger partial charge on any atom is -0.497 e. The number of carbonyl (C=O) groups excluding carboxylic acids is 2. The lowest BCUT2D eigenvalue weighted by Crippen LogP contribution is -2.29. The van der Waals surface area contributed by atoms with Crippen molar-refractivity contribution in [2.75, 3.05) is 37.0 Å². The molecule has 0 unspecified atom stereocenters. The van der Waals surface area contributed by atoms with E-state index in [-0.39, 0.29) is 12.5 Å². The molecular formula is C21H24N2O4. The van der Waals surface area contributed by atoms with Gasteiger partial charge in [0.2, 0.25) is 0 Å². The molecule has 6 heteroatoms. The smallest absolute Gasteiger partial charge is 0.338 e. The highest BCUT2D eigenvalue weighted by Crippen LogP contribution is 2.21. The highest BCUT2D eigenvalue weighted by molar-refractivity contribution is 5.95. The molecule has 0 bridgehead atoms. The number of hydrogen-bond acceptors (Lipinski definition) is 5. The molecule has 6 nitrogen and oxygen atoms in total. The summed E-state index contributed by atoms with van der Waals surface area (Å²) < 4.78 is 10.1. The van der Waals surface area contributed by atoms with E-state index in [1.807, 2.05) is 24.3 Å². The molecule has 1 heterocycles. The van der Waals surface area contributed by atoms with E-state index in [0.29, 0.717) is 17.0 Å². The third kappa shape index (κ3) is 5.23. The number of piperidine rings is 1. The van der Waals surface area contributed by atoms with Crippen LogP contribution < -0.4 is 15.0 Å². The summed E-state index contributed by atoms with van der Waals surface area (Å²) >= 11 is 0. The fourth-order valence-corrected chi connectivity index (χ4v) is 3.05. The number of esters is 1. The van der Waals surface area contributed by atoms with Crippen LogP contribution in [0.15, 0.2) is 48.5 Å². The lowest BCUT2D eigenvalue weighted by atomic mass is 10.1. The van der Waals surface area contributed by atoms with Crippen LogP contribution in [0.3, 0.4) is 0 Å². The van der Waals surface area contributed by atoms with Crippen molar-refractivity contribution in [3.05, 3.63) is 54.1 Å². The molecule has 0 saturated carbocycles. The summed E-state index contributed by atoms with van der Waals surface area (Å²) in [5.74, 6) is -0.270. The minimum atomic E-state index is -0.548. The molecule has 3 rings (SSSR count). The molecule has 0 atom stereocenters. The Morgan fingerprint density at radius 3 is 2.26 bits per heavy atom. The Hall–Kier alpha value is -3.02. The molecule has 1 saturated heterocycles. The molecule has 1 N–H and O–H groups in total. The highest BCUT2D eigenvalue weighted by Gasteiger charge is 2.12. The van der Waals surface area contributed by atoms with Crippen LogP contribution in [0, 0.1) is 0 Å². The number of ether oxygens (including phenoxy) is 2. The molecule has 0 radical (unpaired) electrons. The number of hydrogen-bond donors (Lipinski definition) is 1. The van der Waals surface area contributed by atoms with Gasteiger partial charge in [-0.1, -0.05) is 0 Å². The molecule has 0 aromatic heterocycles. The molecule has 1 fully saturated rings. The van der Waals surface area contributed by atoms with Crippen molar-refractivity contribution < 1.29 is 19.1 Å². The van der Waals surface area contributed by atoms with Crippen LogP contribution in [-0.2, 0) is 9.53 Å². The van der Waals surface area contributed by atoms with E-state index in [0.717, 1.165) is 13.1 Å². The summed E-state index contributed by atoms with van der Waals surface area (Å²) in [5.41, 5.74) is 2.22. The summed E-state index contributed by atoms with van der Waals surface area (Å²) in [5, 5.41) is 2.74. The molecule has 1 amide bonds. The van der Waals surface area contributed by atoms with Crippen molar-refractivity contribution in [1.82, 2.24) is 0 Å². The standard InChI is InChI=1S/C21H24N2O4/c1-26-19-11-5-16(6-12-19)21(25)27-15-20(24)22-17-7-9-18(10-8-17)23-13-3-2-4-14-23/h5-12H,2-4,13-15H2,1H3,(H,22,24). The maximum absolute atomic E-state index is 12.0. The van der Waals surface area contributed by atoms with Gasteiger partial charge in [0.1, 0.15) is 5.75 Å². The molecule has 1 aliphatic heterocycles. The summed E-state index contributed by atoms with van der Waals surface area (Å²) in [6.07, 6.45) is 3.73. The molecule has 1 aliphatic rings. The molecular weight excluding hydrogens is 344 g/mol. The molecule has 0 spiro atoms. The topological polar surface area (TPSA) is 67.9 Å². The Morgan fingerprint density at radius 2 is 1.63 bits per heavy atom. The van der Waals surface area contributed by atoms with Gasteiger partial charge in [-0.2, -0.15) is 0 Å². The largest absolute Gasteiger partial charge is 0.497 e. The van der Waals surface area contributed by atoms with Crippen LogP contribution in [0.4, 0.5) is 11.4 Å². The van der Waals surface area contributed by atoms with Crippen molar-refractivity contribution >= 4 is 23.3 Å². The summed E-state index contributed by atoms with van der Waals surface area (Å²) in [4.78, 5) is 26.3. The zero-order valence-electron chi connectivity index (χ0n) is 15.4. The number of carbonyl (C=O) groups is 2. The number of anilines is 2. The van der Waals surface area contributed by atoms with Gasteiger partial charge < -0.3 is 19.7 Å². The predicted octanol–water partition coefficient (Wildman–Crippen LogP) is 3.48. The highest BCUT2D eigenvalue weighted by atomic mass is 16.5. The lowest BCUT2D eigenvalue weighted by molar-refractivity contribution is -0.119. The first-order valence-corrected chi connectivity index (χ1v) is 9.12. The number of nitrogens with zero attached hydrogens (tertiary/aromatic N) is 1. The van der Waals surface area contributed by atoms with Gasteiger partial charge in [-0.25, -0.2) is 4.79 Å². The van der Waals surface area contributed by atoms with Crippen molar-refractivity contribution in [3.63, 3.8) is 0 Å². The van der Waals surface area contributed by atoms with Gasteiger partial charge in [-0.05, 0) is 67.8 Å². The van der Waals surface area contributed by atoms with Crippen molar-refractivity contribution in [2.24, 2.45) is 0 Å². The summed E-state index contributed by atoms with van der Waals surface area (Å²) in [6.45, 7) is 1.82. The van der Waals surface area contributed by atoms with Gasteiger partial charge in [0.05, 0.1) is 12.7 Å². The van der Waals surface area contributed by atoms with Crippen LogP contribution in [0.2, 0.25) is 0 Å². The average molecular weight is 368 g/mol. The molecule has 142 valence electrons. The van der Waals surface area contributed by atoms with Gasteiger partial charge in [0.25, 0.3) is 5.91 Å². The normalized spacial score (nSPS) is 13.7. The van der Waals surface area contributed by atoms with Crippen LogP contribution in [-0.4, -0.2) is 38.7 Å². The van der Waals surface area contributed by atoms with Gasteiger partial charge >= 0.3 is 5.97 Å².